The van der Waals surface area contributed by atoms with E-state index in [1.165, 1.54) is 24.0 Å². The lowest BCUT2D eigenvalue weighted by atomic mass is 9.95. The summed E-state index contributed by atoms with van der Waals surface area (Å²) in [6.45, 7) is 5.20. The van der Waals surface area contributed by atoms with Crippen LogP contribution in [0.2, 0.25) is 5.02 Å². The standard InChI is InChI=1S/C19H23ClN2O.CH2O2/c20-19-5-1-3-15-13-22(11-8-18(15)19)16-6-9-21(10-7-16)14-17-4-2-12-23-17;2-1-3/h1-5,12,16H,6-11,13-14H2;1H,(H,2,3). The molecule has 1 aromatic heterocycles. The van der Waals surface area contributed by atoms with E-state index in [0.717, 1.165) is 49.9 Å². The third-order valence-corrected chi connectivity index (χ3v) is 5.63. The number of fused-ring (bicyclic) bond motifs is 1. The van der Waals surface area contributed by atoms with Crippen LogP contribution in [0, 0.1) is 0 Å². The molecule has 1 fully saturated rings. The molecular formula is C20H25ClN2O3. The highest BCUT2D eigenvalue weighted by molar-refractivity contribution is 6.31. The molecule has 0 unspecified atom stereocenters. The van der Waals surface area contributed by atoms with Crippen LogP contribution in [0.25, 0.3) is 0 Å². The van der Waals surface area contributed by atoms with E-state index in [1.807, 2.05) is 12.1 Å². The van der Waals surface area contributed by atoms with Crippen molar-refractivity contribution in [1.82, 2.24) is 9.80 Å². The zero-order valence-corrected chi connectivity index (χ0v) is 15.6. The van der Waals surface area contributed by atoms with E-state index in [9.17, 15) is 0 Å². The maximum absolute atomic E-state index is 8.36. The first-order valence-electron chi connectivity index (χ1n) is 9.04. The fraction of sp³-hybridized carbons (Fsp3) is 0.450. The molecule has 140 valence electrons. The minimum atomic E-state index is -0.250. The van der Waals surface area contributed by atoms with E-state index in [2.05, 4.69) is 28.0 Å². The van der Waals surface area contributed by atoms with Gasteiger partial charge in [-0.1, -0.05) is 23.7 Å². The molecule has 0 aliphatic carbocycles. The summed E-state index contributed by atoms with van der Waals surface area (Å²) in [5.74, 6) is 1.07. The van der Waals surface area contributed by atoms with Crippen LogP contribution < -0.4 is 0 Å². The van der Waals surface area contributed by atoms with E-state index >= 15 is 0 Å². The van der Waals surface area contributed by atoms with Crippen LogP contribution in [0.4, 0.5) is 0 Å². The molecule has 1 N–H and O–H groups in total. The molecule has 1 saturated heterocycles. The summed E-state index contributed by atoms with van der Waals surface area (Å²) < 4.78 is 5.47. The Morgan fingerprint density at radius 2 is 1.96 bits per heavy atom. The maximum Gasteiger partial charge on any atom is 0.290 e. The Kier molecular flexibility index (Phi) is 6.72. The Bertz CT molecular complexity index is 697. The highest BCUT2D eigenvalue weighted by Gasteiger charge is 2.28. The minimum absolute atomic E-state index is 0.250. The average Bonchev–Trinajstić information content (AvgIpc) is 3.16. The summed E-state index contributed by atoms with van der Waals surface area (Å²) in [7, 11) is 0. The predicted octanol–water partition coefficient (Wildman–Crippen LogP) is 3.66. The maximum atomic E-state index is 8.36. The van der Waals surface area contributed by atoms with Crippen molar-refractivity contribution in [3.05, 3.63) is 58.5 Å². The molecule has 0 atom stereocenters. The molecule has 0 amide bonds. The van der Waals surface area contributed by atoms with E-state index < -0.39 is 0 Å². The summed E-state index contributed by atoms with van der Waals surface area (Å²) >= 11 is 6.33. The first-order chi connectivity index (χ1) is 12.7. The molecule has 2 aromatic rings. The van der Waals surface area contributed by atoms with Gasteiger partial charge in [0.05, 0.1) is 12.8 Å². The Balaban J connectivity index is 0.000000613. The second-order valence-corrected chi connectivity index (χ2v) is 7.20. The van der Waals surface area contributed by atoms with Gasteiger partial charge in [0.1, 0.15) is 5.76 Å². The van der Waals surface area contributed by atoms with Crippen molar-refractivity contribution in [2.24, 2.45) is 0 Å². The van der Waals surface area contributed by atoms with Crippen molar-refractivity contribution in [3.8, 4) is 0 Å². The van der Waals surface area contributed by atoms with Gasteiger partial charge in [-0.15, -0.1) is 0 Å². The number of rotatable bonds is 3. The van der Waals surface area contributed by atoms with Gasteiger partial charge < -0.3 is 9.52 Å². The number of benzene rings is 1. The van der Waals surface area contributed by atoms with Crippen LogP contribution in [-0.2, 0) is 24.3 Å². The van der Waals surface area contributed by atoms with Gasteiger partial charge in [-0.2, -0.15) is 0 Å². The normalized spacial score (nSPS) is 18.7. The van der Waals surface area contributed by atoms with Gasteiger partial charge in [-0.05, 0) is 48.6 Å². The summed E-state index contributed by atoms with van der Waals surface area (Å²) in [4.78, 5) is 13.5. The topological polar surface area (TPSA) is 56.9 Å². The lowest BCUT2D eigenvalue weighted by Gasteiger charge is -2.40. The van der Waals surface area contributed by atoms with E-state index in [4.69, 9.17) is 25.9 Å². The Morgan fingerprint density at radius 1 is 1.19 bits per heavy atom. The van der Waals surface area contributed by atoms with Crippen LogP contribution in [-0.4, -0.2) is 47.1 Å². The number of hydrogen-bond acceptors (Lipinski definition) is 4. The van der Waals surface area contributed by atoms with Crippen molar-refractivity contribution in [1.29, 1.82) is 0 Å². The van der Waals surface area contributed by atoms with Crippen molar-refractivity contribution < 1.29 is 14.3 Å². The van der Waals surface area contributed by atoms with Crippen LogP contribution in [0.5, 0.6) is 0 Å². The van der Waals surface area contributed by atoms with Gasteiger partial charge in [0.2, 0.25) is 0 Å². The Hall–Kier alpha value is -1.82. The fourth-order valence-electron chi connectivity index (χ4n) is 3.96. The summed E-state index contributed by atoms with van der Waals surface area (Å²) in [5, 5.41) is 7.83. The van der Waals surface area contributed by atoms with Gasteiger partial charge in [0, 0.05) is 37.2 Å². The SMILES string of the molecule is Clc1cccc2c1CCN(C1CCN(Cc3ccco3)CC1)C2.O=CO. The van der Waals surface area contributed by atoms with Crippen molar-refractivity contribution >= 4 is 18.1 Å². The van der Waals surface area contributed by atoms with Gasteiger partial charge in [-0.3, -0.25) is 14.6 Å². The van der Waals surface area contributed by atoms with Crippen LogP contribution >= 0.6 is 11.6 Å². The molecule has 2 aliphatic rings. The number of furan rings is 1. The molecule has 0 saturated carbocycles. The minimum Gasteiger partial charge on any atom is -0.483 e. The van der Waals surface area contributed by atoms with Gasteiger partial charge >= 0.3 is 0 Å². The third kappa shape index (κ3) is 4.67. The molecule has 0 bridgehead atoms. The second-order valence-electron chi connectivity index (χ2n) is 6.79. The molecule has 0 radical (unpaired) electrons. The monoisotopic (exact) mass is 376 g/mol. The molecule has 5 nitrogen and oxygen atoms in total. The first kappa shape index (κ1) is 19.0. The van der Waals surface area contributed by atoms with Crippen molar-refractivity contribution in [3.63, 3.8) is 0 Å². The van der Waals surface area contributed by atoms with Gasteiger partial charge in [-0.25, -0.2) is 0 Å². The van der Waals surface area contributed by atoms with Crippen LogP contribution in [0.15, 0.2) is 41.0 Å². The number of piperidine rings is 1. The van der Waals surface area contributed by atoms with Gasteiger partial charge in [0.25, 0.3) is 6.47 Å². The Labute approximate surface area is 159 Å². The molecule has 4 rings (SSSR count). The summed E-state index contributed by atoms with van der Waals surface area (Å²) in [5.41, 5.74) is 2.78. The zero-order chi connectivity index (χ0) is 18.4. The van der Waals surface area contributed by atoms with Crippen molar-refractivity contribution in [2.45, 2.75) is 38.4 Å². The highest BCUT2D eigenvalue weighted by atomic mass is 35.5. The molecule has 26 heavy (non-hydrogen) atoms. The van der Waals surface area contributed by atoms with E-state index in [1.54, 1.807) is 6.26 Å². The summed E-state index contributed by atoms with van der Waals surface area (Å²) in [6.07, 6.45) is 5.34. The molecule has 1 aromatic carbocycles. The van der Waals surface area contributed by atoms with E-state index in [0.29, 0.717) is 6.04 Å². The van der Waals surface area contributed by atoms with Gasteiger partial charge in [0.15, 0.2) is 0 Å². The number of halogens is 1. The Morgan fingerprint density at radius 3 is 2.65 bits per heavy atom. The molecular weight excluding hydrogens is 352 g/mol. The lowest BCUT2D eigenvalue weighted by molar-refractivity contribution is -0.122. The molecule has 6 heteroatoms. The number of hydrogen-bond donors (Lipinski definition) is 1. The molecule has 0 spiro atoms. The van der Waals surface area contributed by atoms with E-state index in [-0.39, 0.29) is 6.47 Å². The molecule has 3 heterocycles. The predicted molar refractivity (Wildman–Crippen MR) is 101 cm³/mol. The third-order valence-electron chi connectivity index (χ3n) is 5.27. The second kappa shape index (κ2) is 9.21. The van der Waals surface area contributed by atoms with Crippen molar-refractivity contribution in [2.75, 3.05) is 19.6 Å². The largest absolute Gasteiger partial charge is 0.483 e. The molecule has 2 aliphatic heterocycles. The quantitative estimate of drug-likeness (QED) is 0.828. The first-order valence-corrected chi connectivity index (χ1v) is 9.42. The highest BCUT2D eigenvalue weighted by Crippen LogP contribution is 2.29. The number of carboxylic acid groups (broad SMARTS) is 1. The van der Waals surface area contributed by atoms with Crippen LogP contribution in [0.1, 0.15) is 29.7 Å². The summed E-state index contributed by atoms with van der Waals surface area (Å²) in [6, 6.07) is 11.1. The fourth-order valence-corrected chi connectivity index (χ4v) is 4.25. The number of nitrogens with zero attached hydrogens (tertiary/aromatic N) is 2. The zero-order valence-electron chi connectivity index (χ0n) is 14.8. The smallest absolute Gasteiger partial charge is 0.290 e. The van der Waals surface area contributed by atoms with Crippen LogP contribution in [0.3, 0.4) is 0 Å². The number of carbonyl (C=O) groups is 1. The average molecular weight is 377 g/mol. The lowest BCUT2D eigenvalue weighted by Crippen LogP contribution is -2.46. The number of likely N-dealkylation sites (tertiary alicyclic amines) is 1.